The SMILES string of the molecule is COC(=O)C(NC(=O)c1nn(C(C)C)c(=O)c2ccccc12)c1ccc(Br)cc1. The Morgan fingerprint density at radius 3 is 2.28 bits per heavy atom. The number of methoxy groups -OCH3 is 1. The van der Waals surface area contributed by atoms with E-state index in [4.69, 9.17) is 4.74 Å². The van der Waals surface area contributed by atoms with Crippen LogP contribution in [0.2, 0.25) is 0 Å². The second-order valence-corrected chi connectivity index (χ2v) is 7.63. The number of benzene rings is 2. The summed E-state index contributed by atoms with van der Waals surface area (Å²) in [5.41, 5.74) is 0.361. The number of rotatable bonds is 5. The maximum atomic E-state index is 13.1. The van der Waals surface area contributed by atoms with Gasteiger partial charge in [0.05, 0.1) is 18.5 Å². The van der Waals surface area contributed by atoms with Gasteiger partial charge in [-0.05, 0) is 37.6 Å². The minimum absolute atomic E-state index is 0.0694. The molecule has 3 rings (SSSR count). The van der Waals surface area contributed by atoms with Crippen molar-refractivity contribution in [2.75, 3.05) is 7.11 Å². The Morgan fingerprint density at radius 2 is 1.69 bits per heavy atom. The Bertz CT molecular complexity index is 1120. The van der Waals surface area contributed by atoms with E-state index in [2.05, 4.69) is 26.3 Å². The quantitative estimate of drug-likeness (QED) is 0.593. The number of carbonyl (C=O) groups is 2. The van der Waals surface area contributed by atoms with Crippen LogP contribution in [0.5, 0.6) is 0 Å². The third kappa shape index (κ3) is 4.22. The number of hydrogen-bond donors (Lipinski definition) is 1. The molecule has 2 aromatic carbocycles. The number of nitrogens with zero attached hydrogens (tertiary/aromatic N) is 2. The van der Waals surface area contributed by atoms with E-state index < -0.39 is 17.9 Å². The van der Waals surface area contributed by atoms with Crippen LogP contribution in [-0.4, -0.2) is 28.8 Å². The summed E-state index contributed by atoms with van der Waals surface area (Å²) in [5.74, 6) is -1.18. The van der Waals surface area contributed by atoms with Crippen molar-refractivity contribution < 1.29 is 14.3 Å². The van der Waals surface area contributed by atoms with E-state index in [0.29, 0.717) is 16.3 Å². The van der Waals surface area contributed by atoms with Gasteiger partial charge in [0, 0.05) is 9.86 Å². The third-order valence-electron chi connectivity index (χ3n) is 4.45. The van der Waals surface area contributed by atoms with Crippen LogP contribution in [0.15, 0.2) is 57.8 Å². The van der Waals surface area contributed by atoms with Crippen molar-refractivity contribution in [2.24, 2.45) is 0 Å². The number of nitrogens with one attached hydrogen (secondary N) is 1. The van der Waals surface area contributed by atoms with E-state index >= 15 is 0 Å². The number of halogens is 1. The molecule has 1 unspecified atom stereocenters. The first-order valence-corrected chi connectivity index (χ1v) is 9.78. The van der Waals surface area contributed by atoms with E-state index in [9.17, 15) is 14.4 Å². The highest BCUT2D eigenvalue weighted by Crippen LogP contribution is 2.20. The van der Waals surface area contributed by atoms with Crippen molar-refractivity contribution in [3.05, 3.63) is 74.6 Å². The van der Waals surface area contributed by atoms with Crippen molar-refractivity contribution in [3.63, 3.8) is 0 Å². The largest absolute Gasteiger partial charge is 0.467 e. The Morgan fingerprint density at radius 1 is 1.07 bits per heavy atom. The predicted octanol–water partition coefficient (Wildman–Crippen LogP) is 3.38. The van der Waals surface area contributed by atoms with Crippen LogP contribution in [-0.2, 0) is 9.53 Å². The number of carbonyl (C=O) groups excluding carboxylic acids is 2. The molecule has 0 aliphatic carbocycles. The zero-order valence-electron chi connectivity index (χ0n) is 16.2. The monoisotopic (exact) mass is 457 g/mol. The number of aromatic nitrogens is 2. The van der Waals surface area contributed by atoms with E-state index in [1.807, 2.05) is 13.8 Å². The summed E-state index contributed by atoms with van der Waals surface area (Å²) in [6.45, 7) is 3.62. The van der Waals surface area contributed by atoms with E-state index in [0.717, 1.165) is 4.47 Å². The van der Waals surface area contributed by atoms with Crippen LogP contribution in [0, 0.1) is 0 Å². The molecular weight excluding hydrogens is 438 g/mol. The van der Waals surface area contributed by atoms with Gasteiger partial charge in [-0.15, -0.1) is 0 Å². The van der Waals surface area contributed by atoms with Crippen LogP contribution in [0.4, 0.5) is 0 Å². The molecule has 1 atom stereocenters. The van der Waals surface area contributed by atoms with Gasteiger partial charge in [0.1, 0.15) is 0 Å². The lowest BCUT2D eigenvalue weighted by molar-refractivity contribution is -0.143. The molecule has 0 radical (unpaired) electrons. The second kappa shape index (κ2) is 8.57. The van der Waals surface area contributed by atoms with Gasteiger partial charge in [-0.3, -0.25) is 9.59 Å². The zero-order chi connectivity index (χ0) is 21.1. The highest BCUT2D eigenvalue weighted by molar-refractivity contribution is 9.10. The fourth-order valence-electron chi connectivity index (χ4n) is 2.98. The Kier molecular flexibility index (Phi) is 6.12. The molecule has 0 saturated carbocycles. The first-order valence-electron chi connectivity index (χ1n) is 8.99. The number of fused-ring (bicyclic) bond motifs is 1. The van der Waals surface area contributed by atoms with Crippen LogP contribution >= 0.6 is 15.9 Å². The summed E-state index contributed by atoms with van der Waals surface area (Å²) in [6.07, 6.45) is 0. The summed E-state index contributed by atoms with van der Waals surface area (Å²) in [7, 11) is 1.26. The van der Waals surface area contributed by atoms with Gasteiger partial charge >= 0.3 is 5.97 Å². The van der Waals surface area contributed by atoms with Crippen molar-refractivity contribution in [1.82, 2.24) is 15.1 Å². The molecule has 1 aromatic heterocycles. The van der Waals surface area contributed by atoms with Crippen molar-refractivity contribution in [2.45, 2.75) is 25.9 Å². The van der Waals surface area contributed by atoms with Crippen molar-refractivity contribution in [3.8, 4) is 0 Å². The number of amides is 1. The summed E-state index contributed by atoms with van der Waals surface area (Å²) >= 11 is 3.35. The molecular formula is C21H20BrN3O4. The number of hydrogen-bond acceptors (Lipinski definition) is 5. The molecule has 0 aliphatic rings. The molecule has 1 N–H and O–H groups in total. The van der Waals surface area contributed by atoms with E-state index in [-0.39, 0.29) is 17.3 Å². The Balaban J connectivity index is 2.08. The average Bonchev–Trinajstić information content (AvgIpc) is 2.72. The summed E-state index contributed by atoms with van der Waals surface area (Å²) in [6, 6.07) is 12.5. The highest BCUT2D eigenvalue weighted by Gasteiger charge is 2.26. The summed E-state index contributed by atoms with van der Waals surface area (Å²) in [4.78, 5) is 38.1. The normalized spacial score (nSPS) is 12.0. The fourth-order valence-corrected chi connectivity index (χ4v) is 3.24. The minimum atomic E-state index is -1.01. The summed E-state index contributed by atoms with van der Waals surface area (Å²) < 4.78 is 6.97. The standard InChI is InChI=1S/C21H20BrN3O4/c1-12(2)25-20(27)16-7-5-4-6-15(16)18(24-25)19(26)23-17(21(28)29-3)13-8-10-14(22)11-9-13/h4-12,17H,1-3H3,(H,23,26). The molecule has 0 aliphatic heterocycles. The van der Waals surface area contributed by atoms with Gasteiger partial charge in [-0.2, -0.15) is 5.10 Å². The molecule has 8 heteroatoms. The molecule has 0 spiro atoms. The molecule has 1 amide bonds. The highest BCUT2D eigenvalue weighted by atomic mass is 79.9. The number of esters is 1. The topological polar surface area (TPSA) is 90.3 Å². The molecule has 150 valence electrons. The fraction of sp³-hybridized carbons (Fsp3) is 0.238. The van der Waals surface area contributed by atoms with Crippen molar-refractivity contribution in [1.29, 1.82) is 0 Å². The lowest BCUT2D eigenvalue weighted by Gasteiger charge is -2.18. The minimum Gasteiger partial charge on any atom is -0.467 e. The summed E-state index contributed by atoms with van der Waals surface area (Å²) in [5, 5.41) is 7.78. The van der Waals surface area contributed by atoms with Crippen LogP contribution in [0.3, 0.4) is 0 Å². The smallest absolute Gasteiger partial charge is 0.333 e. The lowest BCUT2D eigenvalue weighted by atomic mass is 10.1. The zero-order valence-corrected chi connectivity index (χ0v) is 17.8. The van der Waals surface area contributed by atoms with Gasteiger partial charge in [-0.1, -0.05) is 46.3 Å². The maximum absolute atomic E-state index is 13.1. The lowest BCUT2D eigenvalue weighted by Crippen LogP contribution is -2.37. The van der Waals surface area contributed by atoms with Crippen molar-refractivity contribution >= 4 is 38.6 Å². The van der Waals surface area contributed by atoms with Gasteiger partial charge in [0.25, 0.3) is 11.5 Å². The second-order valence-electron chi connectivity index (χ2n) is 6.72. The van der Waals surface area contributed by atoms with Gasteiger partial charge in [0.2, 0.25) is 0 Å². The number of ether oxygens (including phenoxy) is 1. The van der Waals surface area contributed by atoms with Crippen LogP contribution in [0.1, 0.15) is 42.0 Å². The van der Waals surface area contributed by atoms with Gasteiger partial charge < -0.3 is 10.1 Å². The molecule has 7 nitrogen and oxygen atoms in total. The first kappa shape index (κ1) is 20.7. The predicted molar refractivity (Wildman–Crippen MR) is 113 cm³/mol. The van der Waals surface area contributed by atoms with Gasteiger partial charge in [0.15, 0.2) is 11.7 Å². The van der Waals surface area contributed by atoms with Crippen LogP contribution < -0.4 is 10.9 Å². The molecule has 0 saturated heterocycles. The molecule has 0 bridgehead atoms. The molecule has 3 aromatic rings. The molecule has 0 fully saturated rings. The maximum Gasteiger partial charge on any atom is 0.333 e. The van der Waals surface area contributed by atoms with E-state index in [1.54, 1.807) is 48.5 Å². The first-order chi connectivity index (χ1) is 13.8. The van der Waals surface area contributed by atoms with E-state index in [1.165, 1.54) is 11.8 Å². The average molecular weight is 458 g/mol. The Labute approximate surface area is 175 Å². The Hall–Kier alpha value is -3.00. The van der Waals surface area contributed by atoms with Crippen LogP contribution in [0.25, 0.3) is 10.8 Å². The van der Waals surface area contributed by atoms with Gasteiger partial charge in [-0.25, -0.2) is 9.48 Å². The molecule has 1 heterocycles. The third-order valence-corrected chi connectivity index (χ3v) is 4.98. The molecule has 29 heavy (non-hydrogen) atoms.